The summed E-state index contributed by atoms with van der Waals surface area (Å²) in [6.45, 7) is 1.63. The van der Waals surface area contributed by atoms with Gasteiger partial charge >= 0.3 is 12.1 Å². The number of alkyl halides is 3. The number of carbonyl (C=O) groups is 2. The van der Waals surface area contributed by atoms with E-state index < -0.39 is 23.6 Å². The molecule has 3 fully saturated rings. The van der Waals surface area contributed by atoms with Crippen LogP contribution < -0.4 is 4.74 Å². The predicted octanol–water partition coefficient (Wildman–Crippen LogP) is 6.29. The summed E-state index contributed by atoms with van der Waals surface area (Å²) in [6, 6.07) is 17.5. The molecule has 3 aliphatic rings. The first-order valence-corrected chi connectivity index (χ1v) is 16.9. The highest BCUT2D eigenvalue weighted by atomic mass is 19.4. The Labute approximate surface area is 284 Å². The quantitative estimate of drug-likeness (QED) is 0.274. The molecule has 0 bridgehead atoms. The van der Waals surface area contributed by atoms with Crippen LogP contribution in [-0.4, -0.2) is 91.0 Å². The van der Waals surface area contributed by atoms with Gasteiger partial charge in [-0.1, -0.05) is 30.3 Å². The highest BCUT2D eigenvalue weighted by Gasteiger charge is 2.46. The fraction of sp³-hybridized carbons (Fsp3) is 0.474. The lowest BCUT2D eigenvalue weighted by Crippen LogP contribution is -2.40. The second-order valence-electron chi connectivity index (χ2n) is 13.6. The predicted molar refractivity (Wildman–Crippen MR) is 178 cm³/mol. The number of halogens is 3. The molecule has 2 N–H and O–H groups in total. The lowest BCUT2D eigenvalue weighted by atomic mass is 9.83. The van der Waals surface area contributed by atoms with Crippen molar-refractivity contribution in [3.63, 3.8) is 0 Å². The molecule has 3 aromatic rings. The van der Waals surface area contributed by atoms with Gasteiger partial charge in [0.15, 0.2) is 0 Å². The second kappa shape index (κ2) is 14.5. The SMILES string of the molecule is COc1ccc([C@@H]2CN(C3CCC(OC)CC3)C[C@H]2C(=O)N2C[C@H](CO)[C@@H](c3ccc(C(F)(F)F)cc3-c3ccc(C(=O)O)cc3)C2)cc1. The fourth-order valence-electron chi connectivity index (χ4n) is 8.14. The molecule has 0 radical (unpaired) electrons. The van der Waals surface area contributed by atoms with Crippen molar-refractivity contribution in [1.82, 2.24) is 9.80 Å². The molecule has 2 aliphatic heterocycles. The molecule has 11 heteroatoms. The van der Waals surface area contributed by atoms with E-state index in [0.717, 1.165) is 55.7 Å². The largest absolute Gasteiger partial charge is 0.497 e. The Morgan fingerprint density at radius 2 is 1.55 bits per heavy atom. The van der Waals surface area contributed by atoms with Gasteiger partial charge in [0.2, 0.25) is 5.91 Å². The first-order chi connectivity index (χ1) is 23.5. The van der Waals surface area contributed by atoms with Crippen LogP contribution in [0.3, 0.4) is 0 Å². The van der Waals surface area contributed by atoms with Gasteiger partial charge in [0, 0.05) is 63.7 Å². The van der Waals surface area contributed by atoms with Crippen LogP contribution in [0.4, 0.5) is 13.2 Å². The second-order valence-corrected chi connectivity index (χ2v) is 13.6. The van der Waals surface area contributed by atoms with Gasteiger partial charge in [0.1, 0.15) is 5.75 Å². The summed E-state index contributed by atoms with van der Waals surface area (Å²) in [5.41, 5.74) is 1.57. The number of benzene rings is 3. The molecule has 0 aromatic heterocycles. The number of carboxylic acid groups (broad SMARTS) is 1. The molecule has 49 heavy (non-hydrogen) atoms. The molecule has 4 atom stereocenters. The number of nitrogens with zero attached hydrogens (tertiary/aromatic N) is 2. The number of rotatable bonds is 9. The third-order valence-electron chi connectivity index (χ3n) is 10.9. The summed E-state index contributed by atoms with van der Waals surface area (Å²) < 4.78 is 52.6. The smallest absolute Gasteiger partial charge is 0.416 e. The van der Waals surface area contributed by atoms with Crippen molar-refractivity contribution in [3.8, 4) is 16.9 Å². The average molecular weight is 681 g/mol. The molecular weight excluding hydrogens is 637 g/mol. The van der Waals surface area contributed by atoms with Crippen LogP contribution in [0.1, 0.15) is 64.6 Å². The molecule has 0 spiro atoms. The highest BCUT2D eigenvalue weighted by molar-refractivity contribution is 5.88. The molecule has 3 aromatic carbocycles. The van der Waals surface area contributed by atoms with Crippen molar-refractivity contribution in [2.45, 2.75) is 55.8 Å². The minimum Gasteiger partial charge on any atom is -0.497 e. The van der Waals surface area contributed by atoms with Gasteiger partial charge < -0.3 is 24.6 Å². The number of ether oxygens (including phenoxy) is 2. The minimum atomic E-state index is -4.59. The number of carbonyl (C=O) groups excluding carboxylic acids is 1. The summed E-state index contributed by atoms with van der Waals surface area (Å²) in [6.07, 6.45) is -0.380. The van der Waals surface area contributed by atoms with Gasteiger partial charge in [-0.3, -0.25) is 9.69 Å². The number of hydrogen-bond donors (Lipinski definition) is 2. The fourth-order valence-corrected chi connectivity index (χ4v) is 8.14. The normalized spacial score (nSPS) is 26.2. The van der Waals surface area contributed by atoms with Gasteiger partial charge in [0.25, 0.3) is 0 Å². The average Bonchev–Trinajstić information content (AvgIpc) is 3.76. The van der Waals surface area contributed by atoms with E-state index in [-0.39, 0.29) is 55.0 Å². The summed E-state index contributed by atoms with van der Waals surface area (Å²) in [5, 5.41) is 19.9. The van der Waals surface area contributed by atoms with Gasteiger partial charge in [-0.15, -0.1) is 0 Å². The Kier molecular flexibility index (Phi) is 10.3. The monoisotopic (exact) mass is 680 g/mol. The zero-order valence-electron chi connectivity index (χ0n) is 27.7. The third-order valence-corrected chi connectivity index (χ3v) is 10.9. The number of aliphatic hydroxyl groups is 1. The highest BCUT2D eigenvalue weighted by Crippen LogP contribution is 2.44. The van der Waals surface area contributed by atoms with Crippen LogP contribution >= 0.6 is 0 Å². The van der Waals surface area contributed by atoms with Gasteiger partial charge in [-0.05, 0) is 84.3 Å². The lowest BCUT2D eigenvalue weighted by Gasteiger charge is -2.34. The standard InChI is InChI=1S/C38H43F3N2O6/c1-48-29-12-7-24(8-13-29)33-19-42(28-10-14-30(49-2)15-11-28)21-35(33)36(45)43-18-26(22-44)34(20-43)31-16-9-27(38(39,40)41)17-32(31)23-3-5-25(6-4-23)37(46)47/h3-9,12-13,16-17,26,28,30,33-35,44H,10-11,14-15,18-22H2,1-2H3,(H,46,47)/t26-,28?,30?,33+,34+,35-/m1/s1. The minimum absolute atomic E-state index is 0.0193. The molecular formula is C38H43F3N2O6. The molecule has 6 rings (SSSR count). The van der Waals surface area contributed by atoms with E-state index >= 15 is 0 Å². The third kappa shape index (κ3) is 7.34. The number of carboxylic acids is 1. The van der Waals surface area contributed by atoms with E-state index in [1.165, 1.54) is 30.3 Å². The Morgan fingerprint density at radius 1 is 0.857 bits per heavy atom. The maximum absolute atomic E-state index is 14.5. The number of hydrogen-bond acceptors (Lipinski definition) is 6. The van der Waals surface area contributed by atoms with E-state index in [1.807, 2.05) is 24.3 Å². The Bertz CT molecular complexity index is 1620. The van der Waals surface area contributed by atoms with Crippen LogP contribution in [0.2, 0.25) is 0 Å². The van der Waals surface area contributed by atoms with Crippen LogP contribution in [0, 0.1) is 11.8 Å². The number of aromatic carboxylic acids is 1. The molecule has 0 unspecified atom stereocenters. The summed E-state index contributed by atoms with van der Waals surface area (Å²) in [5.74, 6) is -1.62. The molecule has 1 aliphatic carbocycles. The van der Waals surface area contributed by atoms with Crippen LogP contribution in [0.5, 0.6) is 5.75 Å². The first kappa shape index (κ1) is 34.9. The molecule has 1 amide bonds. The maximum atomic E-state index is 14.5. The van der Waals surface area contributed by atoms with Crippen molar-refractivity contribution in [1.29, 1.82) is 0 Å². The van der Waals surface area contributed by atoms with Crippen molar-refractivity contribution >= 4 is 11.9 Å². The number of amides is 1. The van der Waals surface area contributed by atoms with Gasteiger partial charge in [-0.25, -0.2) is 4.79 Å². The number of aliphatic hydroxyl groups excluding tert-OH is 1. The van der Waals surface area contributed by atoms with Crippen molar-refractivity contribution in [2.75, 3.05) is 47.0 Å². The summed E-state index contributed by atoms with van der Waals surface area (Å²) >= 11 is 0. The zero-order valence-corrected chi connectivity index (χ0v) is 27.7. The van der Waals surface area contributed by atoms with Crippen LogP contribution in [0.25, 0.3) is 11.1 Å². The Hall–Kier alpha value is -3.93. The van der Waals surface area contributed by atoms with Crippen LogP contribution in [0.15, 0.2) is 66.7 Å². The number of methoxy groups -OCH3 is 2. The maximum Gasteiger partial charge on any atom is 0.416 e. The Morgan fingerprint density at radius 3 is 2.14 bits per heavy atom. The lowest BCUT2D eigenvalue weighted by molar-refractivity contribution is -0.137. The van der Waals surface area contributed by atoms with E-state index in [1.54, 1.807) is 19.1 Å². The molecule has 8 nitrogen and oxygen atoms in total. The molecule has 262 valence electrons. The number of likely N-dealkylation sites (tertiary alicyclic amines) is 2. The van der Waals surface area contributed by atoms with Gasteiger partial charge in [0.05, 0.1) is 30.3 Å². The molecule has 1 saturated carbocycles. The van der Waals surface area contributed by atoms with E-state index in [9.17, 15) is 33.0 Å². The summed E-state index contributed by atoms with van der Waals surface area (Å²) in [4.78, 5) is 30.2. The molecule has 2 saturated heterocycles. The van der Waals surface area contributed by atoms with Crippen molar-refractivity contribution < 1.29 is 42.4 Å². The van der Waals surface area contributed by atoms with E-state index in [4.69, 9.17) is 9.47 Å². The van der Waals surface area contributed by atoms with Gasteiger partial charge in [-0.2, -0.15) is 13.2 Å². The molecule has 2 heterocycles. The topological polar surface area (TPSA) is 99.5 Å². The Balaban J connectivity index is 1.29. The van der Waals surface area contributed by atoms with Crippen molar-refractivity contribution in [3.05, 3.63) is 89.0 Å². The van der Waals surface area contributed by atoms with Crippen molar-refractivity contribution in [2.24, 2.45) is 11.8 Å². The zero-order chi connectivity index (χ0) is 34.9. The summed E-state index contributed by atoms with van der Waals surface area (Å²) in [7, 11) is 3.37. The first-order valence-electron chi connectivity index (χ1n) is 16.9. The van der Waals surface area contributed by atoms with E-state index in [0.29, 0.717) is 29.3 Å². The van der Waals surface area contributed by atoms with Crippen LogP contribution in [-0.2, 0) is 15.7 Å². The van der Waals surface area contributed by atoms with E-state index in [2.05, 4.69) is 4.90 Å².